The van der Waals surface area contributed by atoms with Gasteiger partial charge < -0.3 is 0 Å². The first-order valence-electron chi connectivity index (χ1n) is 6.61. The fourth-order valence-corrected chi connectivity index (χ4v) is 1.86. The van der Waals surface area contributed by atoms with Gasteiger partial charge in [0.05, 0.1) is 17.3 Å². The number of nitriles is 1. The van der Waals surface area contributed by atoms with Crippen molar-refractivity contribution in [2.75, 3.05) is 0 Å². The predicted molar refractivity (Wildman–Crippen MR) is 78.1 cm³/mol. The average Bonchev–Trinajstić information content (AvgIpc) is 2.54. The summed E-state index contributed by atoms with van der Waals surface area (Å²) in [6.45, 7) is 0. The van der Waals surface area contributed by atoms with Crippen molar-refractivity contribution in [1.82, 2.24) is 4.98 Å². The topological polar surface area (TPSA) is 53.8 Å². The van der Waals surface area contributed by atoms with Crippen molar-refractivity contribution in [3.63, 3.8) is 0 Å². The highest BCUT2D eigenvalue weighted by atomic mass is 19.4. The molecule has 2 rings (SSSR count). The summed E-state index contributed by atoms with van der Waals surface area (Å²) in [6, 6.07) is 12.6. The Hall–Kier alpha value is -2.94. The molecule has 0 aliphatic rings. The van der Waals surface area contributed by atoms with Gasteiger partial charge in [0, 0.05) is 6.20 Å². The lowest BCUT2D eigenvalue weighted by Crippen LogP contribution is -2.11. The molecule has 3 nitrogen and oxygen atoms in total. The summed E-state index contributed by atoms with van der Waals surface area (Å²) in [5, 5.41) is 9.11. The molecule has 0 bridgehead atoms. The molecule has 0 saturated carbocycles. The van der Waals surface area contributed by atoms with Crippen molar-refractivity contribution < 1.29 is 18.0 Å². The number of ketones is 1. The summed E-state index contributed by atoms with van der Waals surface area (Å²) < 4.78 is 37.5. The van der Waals surface area contributed by atoms with E-state index in [1.807, 2.05) is 6.07 Å². The zero-order chi connectivity index (χ0) is 16.9. The van der Waals surface area contributed by atoms with E-state index in [0.717, 1.165) is 17.7 Å². The zero-order valence-electron chi connectivity index (χ0n) is 11.8. The molecule has 23 heavy (non-hydrogen) atoms. The Kier molecular flexibility index (Phi) is 4.91. The average molecular weight is 316 g/mol. The molecule has 0 fully saturated rings. The molecule has 1 heterocycles. The fourth-order valence-electron chi connectivity index (χ4n) is 1.86. The van der Waals surface area contributed by atoms with Crippen LogP contribution in [0.2, 0.25) is 0 Å². The van der Waals surface area contributed by atoms with Crippen molar-refractivity contribution in [2.45, 2.75) is 12.1 Å². The smallest absolute Gasteiger partial charge is 0.293 e. The van der Waals surface area contributed by atoms with Gasteiger partial charge >= 0.3 is 6.18 Å². The van der Waals surface area contributed by atoms with E-state index < -0.39 is 23.4 Å². The Morgan fingerprint density at radius 2 is 1.87 bits per heavy atom. The largest absolute Gasteiger partial charge is 0.417 e. The monoisotopic (exact) mass is 316 g/mol. The number of hydrogen-bond donors (Lipinski definition) is 0. The molecule has 0 N–H and O–H groups in total. The number of hydrogen-bond acceptors (Lipinski definition) is 3. The van der Waals surface area contributed by atoms with Gasteiger partial charge in [0.25, 0.3) is 0 Å². The third-order valence-corrected chi connectivity index (χ3v) is 3.06. The van der Waals surface area contributed by atoms with Gasteiger partial charge in [-0.2, -0.15) is 18.4 Å². The number of carbonyl (C=O) groups excluding carboxylic acids is 1. The number of benzene rings is 1. The van der Waals surface area contributed by atoms with Gasteiger partial charge in [-0.25, -0.2) is 0 Å². The highest BCUT2D eigenvalue weighted by molar-refractivity contribution is 6.00. The molecule has 1 aromatic heterocycles. The molecule has 116 valence electrons. The molecule has 0 saturated heterocycles. The predicted octanol–water partition coefficient (Wildman–Crippen LogP) is 3.99. The summed E-state index contributed by atoms with van der Waals surface area (Å²) >= 11 is 0. The molecule has 0 unspecified atom stereocenters. The number of aromatic nitrogens is 1. The third-order valence-electron chi connectivity index (χ3n) is 3.06. The van der Waals surface area contributed by atoms with Crippen LogP contribution in [0.1, 0.15) is 22.7 Å². The summed E-state index contributed by atoms with van der Waals surface area (Å²) in [6.07, 6.45) is -1.13. The van der Waals surface area contributed by atoms with Gasteiger partial charge in [0.2, 0.25) is 0 Å². The minimum Gasteiger partial charge on any atom is -0.293 e. The van der Waals surface area contributed by atoms with Crippen molar-refractivity contribution >= 4 is 11.9 Å². The molecule has 1 atom stereocenters. The van der Waals surface area contributed by atoms with Crippen LogP contribution in [-0.2, 0) is 11.0 Å². The van der Waals surface area contributed by atoms with Crippen LogP contribution in [0.3, 0.4) is 0 Å². The standard InChI is InChI=1S/C17H11F3N2O/c18-17(19,20)13-7-8-15(22-11-13)14(10-21)16(23)9-6-12-4-2-1-3-5-12/h1-9,11,14H/b9-6-/t14-/m1/s1. The Morgan fingerprint density at radius 3 is 2.39 bits per heavy atom. The number of halogens is 3. The molecule has 0 aliphatic heterocycles. The van der Waals surface area contributed by atoms with Gasteiger partial charge in [-0.3, -0.25) is 9.78 Å². The first-order valence-corrected chi connectivity index (χ1v) is 6.61. The normalized spacial score (nSPS) is 12.8. The van der Waals surface area contributed by atoms with E-state index in [9.17, 15) is 18.0 Å². The number of carbonyl (C=O) groups is 1. The summed E-state index contributed by atoms with van der Waals surface area (Å²) in [4.78, 5) is 15.7. The second kappa shape index (κ2) is 6.88. The molecule has 1 aromatic carbocycles. The van der Waals surface area contributed by atoms with Crippen molar-refractivity contribution in [3.8, 4) is 6.07 Å². The van der Waals surface area contributed by atoms with E-state index in [0.29, 0.717) is 6.20 Å². The number of allylic oxidation sites excluding steroid dienone is 1. The number of alkyl halides is 3. The highest BCUT2D eigenvalue weighted by Gasteiger charge is 2.31. The molecule has 0 radical (unpaired) electrons. The highest BCUT2D eigenvalue weighted by Crippen LogP contribution is 2.29. The Morgan fingerprint density at radius 1 is 1.17 bits per heavy atom. The quantitative estimate of drug-likeness (QED) is 0.801. The maximum absolute atomic E-state index is 12.5. The van der Waals surface area contributed by atoms with Crippen LogP contribution in [0, 0.1) is 11.3 Å². The zero-order valence-corrected chi connectivity index (χ0v) is 11.8. The van der Waals surface area contributed by atoms with Crippen LogP contribution in [0.4, 0.5) is 13.2 Å². The van der Waals surface area contributed by atoms with Crippen LogP contribution < -0.4 is 0 Å². The van der Waals surface area contributed by atoms with Gasteiger partial charge in [-0.05, 0) is 23.8 Å². The van der Waals surface area contributed by atoms with Crippen LogP contribution in [0.5, 0.6) is 0 Å². The minimum absolute atomic E-state index is 0.0109. The first-order chi connectivity index (χ1) is 10.9. The van der Waals surface area contributed by atoms with E-state index in [-0.39, 0.29) is 5.69 Å². The van der Waals surface area contributed by atoms with E-state index >= 15 is 0 Å². The third kappa shape index (κ3) is 4.27. The molecular formula is C17H11F3N2O. The lowest BCUT2D eigenvalue weighted by atomic mass is 9.99. The van der Waals surface area contributed by atoms with Crippen LogP contribution in [0.25, 0.3) is 6.08 Å². The van der Waals surface area contributed by atoms with Gasteiger partial charge in [0.1, 0.15) is 0 Å². The molecule has 0 amide bonds. The fraction of sp³-hybridized carbons (Fsp3) is 0.118. The first kappa shape index (κ1) is 16.4. The Balaban J connectivity index is 2.18. The van der Waals surface area contributed by atoms with Crippen molar-refractivity contribution in [3.05, 3.63) is 71.6 Å². The summed E-state index contributed by atoms with van der Waals surface area (Å²) in [7, 11) is 0. The minimum atomic E-state index is -4.51. The number of nitrogens with zero attached hydrogens (tertiary/aromatic N) is 2. The van der Waals surface area contributed by atoms with E-state index in [2.05, 4.69) is 4.98 Å². The van der Waals surface area contributed by atoms with E-state index in [1.54, 1.807) is 30.3 Å². The SMILES string of the molecule is N#C[C@@H](C(=O)/C=C\c1ccccc1)c1ccc(C(F)(F)F)cn1. The second-order valence-electron chi connectivity index (χ2n) is 4.68. The Bertz CT molecular complexity index is 744. The summed E-state index contributed by atoms with van der Waals surface area (Å²) in [5.41, 5.74) is -0.161. The lowest BCUT2D eigenvalue weighted by molar-refractivity contribution is -0.137. The van der Waals surface area contributed by atoms with Crippen LogP contribution in [0.15, 0.2) is 54.7 Å². The van der Waals surface area contributed by atoms with Crippen molar-refractivity contribution in [2.24, 2.45) is 0 Å². The maximum Gasteiger partial charge on any atom is 0.417 e. The van der Waals surface area contributed by atoms with Gasteiger partial charge in [0.15, 0.2) is 11.7 Å². The molecule has 2 aromatic rings. The van der Waals surface area contributed by atoms with Gasteiger partial charge in [-0.1, -0.05) is 36.4 Å². The number of rotatable bonds is 4. The maximum atomic E-state index is 12.5. The van der Waals surface area contributed by atoms with Crippen LogP contribution in [-0.4, -0.2) is 10.8 Å². The van der Waals surface area contributed by atoms with Gasteiger partial charge in [-0.15, -0.1) is 0 Å². The number of pyridine rings is 1. The molecule has 0 spiro atoms. The van der Waals surface area contributed by atoms with E-state index in [4.69, 9.17) is 5.26 Å². The van der Waals surface area contributed by atoms with Crippen molar-refractivity contribution in [1.29, 1.82) is 5.26 Å². The van der Waals surface area contributed by atoms with E-state index in [1.165, 1.54) is 12.2 Å². The molecule has 0 aliphatic carbocycles. The molecule has 6 heteroatoms. The van der Waals surface area contributed by atoms with Crippen LogP contribution >= 0.6 is 0 Å². The summed E-state index contributed by atoms with van der Waals surface area (Å²) in [5.74, 6) is -1.78. The lowest BCUT2D eigenvalue weighted by Gasteiger charge is -2.08. The molecular weight excluding hydrogens is 305 g/mol. The second-order valence-corrected chi connectivity index (χ2v) is 4.68. The Labute approximate surface area is 130 Å².